The molecular formula is C9H14NO4P. The van der Waals surface area contributed by atoms with E-state index >= 15 is 0 Å². The SMILES string of the molecule is COP(=O)(OC)Oc1ccc(N)c(C)c1. The lowest BCUT2D eigenvalue weighted by Gasteiger charge is -2.14. The highest BCUT2D eigenvalue weighted by molar-refractivity contribution is 7.48. The van der Waals surface area contributed by atoms with Gasteiger partial charge in [0.2, 0.25) is 0 Å². The highest BCUT2D eigenvalue weighted by Gasteiger charge is 2.24. The summed E-state index contributed by atoms with van der Waals surface area (Å²) < 4.78 is 26.0. The van der Waals surface area contributed by atoms with E-state index < -0.39 is 7.82 Å². The second-order valence-corrected chi connectivity index (χ2v) is 4.73. The minimum atomic E-state index is -3.48. The molecule has 15 heavy (non-hydrogen) atoms. The molecule has 1 rings (SSSR count). The summed E-state index contributed by atoms with van der Waals surface area (Å²) >= 11 is 0. The maximum Gasteiger partial charge on any atom is 0.529 e. The van der Waals surface area contributed by atoms with E-state index in [2.05, 4.69) is 9.05 Å². The molecule has 0 unspecified atom stereocenters. The molecule has 5 nitrogen and oxygen atoms in total. The van der Waals surface area contributed by atoms with Crippen molar-refractivity contribution in [3.05, 3.63) is 23.8 Å². The summed E-state index contributed by atoms with van der Waals surface area (Å²) in [5.41, 5.74) is 7.11. The minimum absolute atomic E-state index is 0.397. The fraction of sp³-hybridized carbons (Fsp3) is 0.333. The van der Waals surface area contributed by atoms with Gasteiger partial charge in [-0.05, 0) is 30.7 Å². The Morgan fingerprint density at radius 3 is 2.33 bits per heavy atom. The van der Waals surface area contributed by atoms with Gasteiger partial charge in [0.1, 0.15) is 5.75 Å². The lowest BCUT2D eigenvalue weighted by molar-refractivity contribution is 0.211. The van der Waals surface area contributed by atoms with Crippen molar-refractivity contribution in [2.24, 2.45) is 0 Å². The van der Waals surface area contributed by atoms with Gasteiger partial charge < -0.3 is 10.3 Å². The highest BCUT2D eigenvalue weighted by atomic mass is 31.2. The van der Waals surface area contributed by atoms with E-state index in [1.54, 1.807) is 18.2 Å². The Kier molecular flexibility index (Phi) is 3.74. The Bertz CT molecular complexity index is 386. The maximum absolute atomic E-state index is 11.6. The van der Waals surface area contributed by atoms with Gasteiger partial charge in [0.25, 0.3) is 0 Å². The van der Waals surface area contributed by atoms with Gasteiger partial charge >= 0.3 is 7.82 Å². The summed E-state index contributed by atoms with van der Waals surface area (Å²) in [6.45, 7) is 1.83. The largest absolute Gasteiger partial charge is 0.529 e. The van der Waals surface area contributed by atoms with Crippen LogP contribution in [0.3, 0.4) is 0 Å². The van der Waals surface area contributed by atoms with Crippen LogP contribution in [0.5, 0.6) is 5.75 Å². The van der Waals surface area contributed by atoms with Crippen LogP contribution < -0.4 is 10.3 Å². The predicted molar refractivity (Wildman–Crippen MR) is 57.8 cm³/mol. The normalized spacial score (nSPS) is 11.4. The van der Waals surface area contributed by atoms with E-state index in [0.717, 1.165) is 5.56 Å². The standard InChI is InChI=1S/C9H14NO4P/c1-7-6-8(4-5-9(7)10)14-15(11,12-2)13-3/h4-6H,10H2,1-3H3. The zero-order chi connectivity index (χ0) is 11.5. The van der Waals surface area contributed by atoms with E-state index in [4.69, 9.17) is 10.3 Å². The fourth-order valence-electron chi connectivity index (χ4n) is 0.983. The molecule has 0 saturated carbocycles. The summed E-state index contributed by atoms with van der Waals surface area (Å²) in [6, 6.07) is 4.94. The molecule has 1 aromatic carbocycles. The lowest BCUT2D eigenvalue weighted by Crippen LogP contribution is -1.98. The van der Waals surface area contributed by atoms with Gasteiger partial charge in [-0.3, -0.25) is 9.05 Å². The van der Waals surface area contributed by atoms with Gasteiger partial charge in [0.05, 0.1) is 0 Å². The summed E-state index contributed by atoms with van der Waals surface area (Å²) in [7, 11) is -0.962. The molecule has 0 aromatic heterocycles. The topological polar surface area (TPSA) is 70.8 Å². The molecule has 0 fully saturated rings. The number of hydrogen-bond donors (Lipinski definition) is 1. The van der Waals surface area contributed by atoms with Crippen LogP contribution in [0.1, 0.15) is 5.56 Å². The van der Waals surface area contributed by atoms with Crippen LogP contribution in [0.15, 0.2) is 18.2 Å². The van der Waals surface area contributed by atoms with Crippen molar-refractivity contribution in [2.75, 3.05) is 20.0 Å². The smallest absolute Gasteiger partial charge is 0.404 e. The monoisotopic (exact) mass is 231 g/mol. The number of rotatable bonds is 4. The number of phosphoric ester groups is 1. The van der Waals surface area contributed by atoms with Crippen molar-refractivity contribution in [3.8, 4) is 5.75 Å². The summed E-state index contributed by atoms with van der Waals surface area (Å²) in [4.78, 5) is 0. The predicted octanol–water partition coefficient (Wildman–Crippen LogP) is 2.36. The zero-order valence-electron chi connectivity index (χ0n) is 8.89. The van der Waals surface area contributed by atoms with Gasteiger partial charge in [-0.2, -0.15) is 0 Å². The third-order valence-electron chi connectivity index (χ3n) is 1.91. The molecule has 0 bridgehead atoms. The fourth-order valence-corrected chi connectivity index (χ4v) is 1.65. The van der Waals surface area contributed by atoms with Crippen LogP contribution in [0, 0.1) is 6.92 Å². The first-order valence-corrected chi connectivity index (χ1v) is 5.74. The third-order valence-corrected chi connectivity index (χ3v) is 3.23. The number of nitrogens with two attached hydrogens (primary N) is 1. The molecule has 0 atom stereocenters. The molecule has 0 radical (unpaired) electrons. The lowest BCUT2D eigenvalue weighted by atomic mass is 10.2. The number of anilines is 1. The van der Waals surface area contributed by atoms with E-state index in [1.165, 1.54) is 14.2 Å². The number of hydrogen-bond acceptors (Lipinski definition) is 5. The average Bonchev–Trinajstić information content (AvgIpc) is 2.23. The second-order valence-electron chi connectivity index (χ2n) is 2.92. The van der Waals surface area contributed by atoms with Crippen LogP contribution in [0.4, 0.5) is 5.69 Å². The third kappa shape index (κ3) is 2.96. The van der Waals surface area contributed by atoms with Gasteiger partial charge in [0, 0.05) is 19.9 Å². The molecule has 0 spiro atoms. The molecule has 1 aromatic rings. The molecule has 0 aliphatic carbocycles. The van der Waals surface area contributed by atoms with E-state index in [0.29, 0.717) is 11.4 Å². The van der Waals surface area contributed by atoms with Crippen molar-refractivity contribution < 1.29 is 18.1 Å². The zero-order valence-corrected chi connectivity index (χ0v) is 9.78. The maximum atomic E-state index is 11.6. The molecule has 0 amide bonds. The van der Waals surface area contributed by atoms with Crippen molar-refractivity contribution in [1.29, 1.82) is 0 Å². The van der Waals surface area contributed by atoms with Gasteiger partial charge in [-0.25, -0.2) is 4.57 Å². The van der Waals surface area contributed by atoms with Gasteiger partial charge in [0.15, 0.2) is 0 Å². The Morgan fingerprint density at radius 2 is 1.87 bits per heavy atom. The van der Waals surface area contributed by atoms with Crippen molar-refractivity contribution in [2.45, 2.75) is 6.92 Å². The van der Waals surface area contributed by atoms with Crippen molar-refractivity contribution in [3.63, 3.8) is 0 Å². The van der Waals surface area contributed by atoms with Gasteiger partial charge in [-0.15, -0.1) is 0 Å². The van der Waals surface area contributed by atoms with Crippen LogP contribution in [0.25, 0.3) is 0 Å². The number of aryl methyl sites for hydroxylation is 1. The van der Waals surface area contributed by atoms with E-state index in [9.17, 15) is 4.57 Å². The Labute approximate surface area is 88.8 Å². The van der Waals surface area contributed by atoms with Crippen LogP contribution in [-0.4, -0.2) is 14.2 Å². The van der Waals surface area contributed by atoms with Crippen molar-refractivity contribution >= 4 is 13.5 Å². The molecule has 6 heteroatoms. The number of benzene rings is 1. The summed E-state index contributed by atoms with van der Waals surface area (Å²) in [5, 5.41) is 0. The van der Waals surface area contributed by atoms with Crippen LogP contribution in [-0.2, 0) is 13.6 Å². The highest BCUT2D eigenvalue weighted by Crippen LogP contribution is 2.47. The Balaban J connectivity index is 2.90. The first kappa shape index (κ1) is 12.0. The molecule has 0 saturated heterocycles. The molecule has 2 N–H and O–H groups in total. The Hall–Kier alpha value is -1.03. The average molecular weight is 231 g/mol. The molecule has 0 heterocycles. The minimum Gasteiger partial charge on any atom is -0.404 e. The first-order valence-electron chi connectivity index (χ1n) is 4.28. The molecular weight excluding hydrogens is 217 g/mol. The second kappa shape index (κ2) is 4.66. The van der Waals surface area contributed by atoms with E-state index in [-0.39, 0.29) is 0 Å². The van der Waals surface area contributed by atoms with Crippen LogP contribution in [0.2, 0.25) is 0 Å². The van der Waals surface area contributed by atoms with Crippen molar-refractivity contribution in [1.82, 2.24) is 0 Å². The number of nitrogen functional groups attached to an aromatic ring is 1. The van der Waals surface area contributed by atoms with Crippen LogP contribution >= 0.6 is 7.82 Å². The van der Waals surface area contributed by atoms with E-state index in [1.807, 2.05) is 6.92 Å². The first-order chi connectivity index (χ1) is 7.00. The Morgan fingerprint density at radius 1 is 1.27 bits per heavy atom. The summed E-state index contributed by atoms with van der Waals surface area (Å²) in [6.07, 6.45) is 0. The molecule has 0 aliphatic rings. The molecule has 0 aliphatic heterocycles. The molecule has 84 valence electrons. The summed E-state index contributed by atoms with van der Waals surface area (Å²) in [5.74, 6) is 0.397. The number of phosphoric acid groups is 1. The van der Waals surface area contributed by atoms with Gasteiger partial charge in [-0.1, -0.05) is 0 Å². The quantitative estimate of drug-likeness (QED) is 0.636.